The van der Waals surface area contributed by atoms with Gasteiger partial charge in [-0.05, 0) is 53.9 Å². The van der Waals surface area contributed by atoms with E-state index in [9.17, 15) is 0 Å². The highest BCUT2D eigenvalue weighted by atomic mass is 79.9. The SMILES string of the molecule is CCN(c1ccccc1C)c1ncc(N)c(C)c1Br. The van der Waals surface area contributed by atoms with Crippen LogP contribution in [-0.2, 0) is 0 Å². The molecule has 1 heterocycles. The molecule has 0 aliphatic heterocycles. The van der Waals surface area contributed by atoms with Gasteiger partial charge in [0.25, 0.3) is 0 Å². The van der Waals surface area contributed by atoms with Crippen molar-refractivity contribution in [2.45, 2.75) is 20.8 Å². The fourth-order valence-corrected chi connectivity index (χ4v) is 2.61. The van der Waals surface area contributed by atoms with Crippen LogP contribution in [0.4, 0.5) is 17.2 Å². The molecule has 0 amide bonds. The second-order valence-electron chi connectivity index (χ2n) is 4.51. The summed E-state index contributed by atoms with van der Waals surface area (Å²) in [5, 5.41) is 0. The van der Waals surface area contributed by atoms with Crippen molar-refractivity contribution in [3.8, 4) is 0 Å². The Morgan fingerprint density at radius 3 is 2.58 bits per heavy atom. The van der Waals surface area contributed by atoms with Crippen LogP contribution in [0.25, 0.3) is 0 Å². The van der Waals surface area contributed by atoms with Crippen molar-refractivity contribution in [1.82, 2.24) is 4.98 Å². The van der Waals surface area contributed by atoms with Crippen LogP contribution in [0.1, 0.15) is 18.1 Å². The molecule has 0 saturated carbocycles. The van der Waals surface area contributed by atoms with E-state index in [4.69, 9.17) is 5.73 Å². The number of hydrogen-bond acceptors (Lipinski definition) is 3. The third-order valence-corrected chi connectivity index (χ3v) is 4.21. The molecule has 0 saturated heterocycles. The zero-order valence-electron chi connectivity index (χ0n) is 11.4. The number of nitrogen functional groups attached to an aromatic ring is 1. The average molecular weight is 320 g/mol. The maximum Gasteiger partial charge on any atom is 0.147 e. The molecule has 0 spiro atoms. The molecular weight excluding hydrogens is 302 g/mol. The first kappa shape index (κ1) is 13.9. The summed E-state index contributed by atoms with van der Waals surface area (Å²) in [5.41, 5.74) is 10.0. The molecule has 1 aromatic heterocycles. The largest absolute Gasteiger partial charge is 0.397 e. The molecule has 0 aliphatic rings. The van der Waals surface area contributed by atoms with Crippen LogP contribution in [-0.4, -0.2) is 11.5 Å². The summed E-state index contributed by atoms with van der Waals surface area (Å²) in [6.07, 6.45) is 1.72. The van der Waals surface area contributed by atoms with Crippen molar-refractivity contribution < 1.29 is 0 Å². The van der Waals surface area contributed by atoms with Crippen molar-refractivity contribution in [3.63, 3.8) is 0 Å². The van der Waals surface area contributed by atoms with Crippen LogP contribution in [0.5, 0.6) is 0 Å². The molecule has 2 rings (SSSR count). The van der Waals surface area contributed by atoms with Crippen molar-refractivity contribution in [2.24, 2.45) is 0 Å². The fraction of sp³-hybridized carbons (Fsp3) is 0.267. The van der Waals surface area contributed by atoms with E-state index in [1.54, 1.807) is 6.20 Å². The van der Waals surface area contributed by atoms with Gasteiger partial charge in [0.05, 0.1) is 16.4 Å². The Morgan fingerprint density at radius 1 is 1.26 bits per heavy atom. The number of anilines is 3. The lowest BCUT2D eigenvalue weighted by atomic mass is 10.1. The van der Waals surface area contributed by atoms with Gasteiger partial charge in [0.2, 0.25) is 0 Å². The van der Waals surface area contributed by atoms with E-state index >= 15 is 0 Å². The Kier molecular flexibility index (Phi) is 4.10. The Labute approximate surface area is 122 Å². The van der Waals surface area contributed by atoms with Gasteiger partial charge in [0.15, 0.2) is 0 Å². The van der Waals surface area contributed by atoms with E-state index in [-0.39, 0.29) is 0 Å². The smallest absolute Gasteiger partial charge is 0.147 e. The number of pyridine rings is 1. The molecule has 0 unspecified atom stereocenters. The quantitative estimate of drug-likeness (QED) is 0.921. The summed E-state index contributed by atoms with van der Waals surface area (Å²) in [6.45, 7) is 7.07. The average Bonchev–Trinajstić information content (AvgIpc) is 2.41. The van der Waals surface area contributed by atoms with Crippen molar-refractivity contribution in [1.29, 1.82) is 0 Å². The van der Waals surface area contributed by atoms with E-state index in [2.05, 4.69) is 51.8 Å². The number of nitrogens with two attached hydrogens (primary N) is 1. The zero-order valence-corrected chi connectivity index (χ0v) is 13.0. The molecule has 19 heavy (non-hydrogen) atoms. The number of benzene rings is 1. The third-order valence-electron chi connectivity index (χ3n) is 3.26. The van der Waals surface area contributed by atoms with Crippen LogP contribution in [0.2, 0.25) is 0 Å². The first-order valence-corrected chi connectivity index (χ1v) is 7.09. The number of nitrogens with zero attached hydrogens (tertiary/aromatic N) is 2. The summed E-state index contributed by atoms with van der Waals surface area (Å²) >= 11 is 3.61. The number of para-hydroxylation sites is 1. The lowest BCUT2D eigenvalue weighted by Gasteiger charge is -2.25. The van der Waals surface area contributed by atoms with E-state index in [0.717, 1.165) is 22.4 Å². The topological polar surface area (TPSA) is 42.2 Å². The van der Waals surface area contributed by atoms with E-state index in [1.807, 2.05) is 19.1 Å². The number of hydrogen-bond donors (Lipinski definition) is 1. The Bertz CT molecular complexity index is 596. The van der Waals surface area contributed by atoms with Crippen molar-refractivity contribution in [2.75, 3.05) is 17.2 Å². The summed E-state index contributed by atoms with van der Waals surface area (Å²) in [5.74, 6) is 0.906. The van der Waals surface area contributed by atoms with Gasteiger partial charge in [-0.2, -0.15) is 0 Å². The number of rotatable bonds is 3. The van der Waals surface area contributed by atoms with Crippen LogP contribution < -0.4 is 10.6 Å². The van der Waals surface area contributed by atoms with Gasteiger partial charge in [-0.25, -0.2) is 4.98 Å². The number of halogens is 1. The van der Waals surface area contributed by atoms with E-state index < -0.39 is 0 Å². The van der Waals surface area contributed by atoms with Gasteiger partial charge in [-0.15, -0.1) is 0 Å². The predicted octanol–water partition coefficient (Wildman–Crippen LogP) is 4.20. The minimum atomic E-state index is 0.705. The van der Waals surface area contributed by atoms with Crippen LogP contribution in [0.15, 0.2) is 34.9 Å². The van der Waals surface area contributed by atoms with Gasteiger partial charge in [-0.3, -0.25) is 0 Å². The molecule has 0 fully saturated rings. The summed E-state index contributed by atoms with van der Waals surface area (Å²) in [6, 6.07) is 8.31. The van der Waals surface area contributed by atoms with Gasteiger partial charge in [0.1, 0.15) is 5.82 Å². The molecule has 2 N–H and O–H groups in total. The second-order valence-corrected chi connectivity index (χ2v) is 5.30. The van der Waals surface area contributed by atoms with Crippen LogP contribution in [0.3, 0.4) is 0 Å². The first-order valence-electron chi connectivity index (χ1n) is 6.30. The molecule has 100 valence electrons. The second kappa shape index (κ2) is 5.61. The maximum absolute atomic E-state index is 5.89. The third kappa shape index (κ3) is 2.59. The lowest BCUT2D eigenvalue weighted by Crippen LogP contribution is -2.19. The Balaban J connectivity index is 2.55. The summed E-state index contributed by atoms with van der Waals surface area (Å²) in [4.78, 5) is 6.67. The number of aryl methyl sites for hydroxylation is 1. The monoisotopic (exact) mass is 319 g/mol. The standard InChI is InChI=1S/C15H18BrN3/c1-4-19(13-8-6-5-7-10(13)2)15-14(16)11(3)12(17)9-18-15/h5-9H,4,17H2,1-3H3. The first-order chi connectivity index (χ1) is 9.06. The minimum absolute atomic E-state index is 0.705. The molecule has 3 nitrogen and oxygen atoms in total. The summed E-state index contributed by atoms with van der Waals surface area (Å²) in [7, 11) is 0. The summed E-state index contributed by atoms with van der Waals surface area (Å²) < 4.78 is 0.956. The van der Waals surface area contributed by atoms with Crippen molar-refractivity contribution in [3.05, 3.63) is 46.1 Å². The zero-order chi connectivity index (χ0) is 14.0. The highest BCUT2D eigenvalue weighted by Crippen LogP contribution is 2.35. The molecular formula is C15H18BrN3. The number of aromatic nitrogens is 1. The lowest BCUT2D eigenvalue weighted by molar-refractivity contribution is 0.975. The molecule has 4 heteroatoms. The fourth-order valence-electron chi connectivity index (χ4n) is 2.07. The molecule has 0 aliphatic carbocycles. The Hall–Kier alpha value is -1.55. The van der Waals surface area contributed by atoms with E-state index in [0.29, 0.717) is 5.69 Å². The Morgan fingerprint density at radius 2 is 1.95 bits per heavy atom. The van der Waals surface area contributed by atoms with Crippen LogP contribution >= 0.6 is 15.9 Å². The van der Waals surface area contributed by atoms with Gasteiger partial charge >= 0.3 is 0 Å². The predicted molar refractivity (Wildman–Crippen MR) is 84.9 cm³/mol. The maximum atomic E-state index is 5.89. The van der Waals surface area contributed by atoms with Crippen molar-refractivity contribution >= 4 is 33.1 Å². The van der Waals surface area contributed by atoms with Gasteiger partial charge < -0.3 is 10.6 Å². The van der Waals surface area contributed by atoms with Crippen LogP contribution in [0, 0.1) is 13.8 Å². The highest BCUT2D eigenvalue weighted by molar-refractivity contribution is 9.10. The molecule has 0 radical (unpaired) electrons. The van der Waals surface area contributed by atoms with Gasteiger partial charge in [0, 0.05) is 12.2 Å². The van der Waals surface area contributed by atoms with E-state index in [1.165, 1.54) is 11.3 Å². The van der Waals surface area contributed by atoms with Gasteiger partial charge in [-0.1, -0.05) is 18.2 Å². The normalized spacial score (nSPS) is 10.5. The molecule has 1 aromatic carbocycles. The highest BCUT2D eigenvalue weighted by Gasteiger charge is 2.16. The molecule has 2 aromatic rings. The minimum Gasteiger partial charge on any atom is -0.397 e. The molecule has 0 atom stereocenters. The molecule has 0 bridgehead atoms.